The molecule has 0 bridgehead atoms. The Hall–Kier alpha value is -3.20. The maximum atomic E-state index is 13.5. The molecule has 1 N–H and O–H groups in total. The monoisotopic (exact) mass is 427 g/mol. The van der Waals surface area contributed by atoms with Crippen molar-refractivity contribution < 1.29 is 17.8 Å². The Balaban J connectivity index is 1.31. The lowest BCUT2D eigenvalue weighted by molar-refractivity contribution is 0.0767. The number of rotatable bonds is 4. The lowest BCUT2D eigenvalue weighted by Gasteiger charge is -2.30. The zero-order valence-corrected chi connectivity index (χ0v) is 17.0. The maximum Gasteiger partial charge on any atom is 0.256 e. The van der Waals surface area contributed by atoms with Gasteiger partial charge >= 0.3 is 0 Å². The molecule has 9 nitrogen and oxygen atoms in total. The first-order valence-electron chi connectivity index (χ1n) is 13.1. The average Bonchev–Trinajstić information content (AvgIpc) is 3.59. The van der Waals surface area contributed by atoms with Crippen molar-refractivity contribution in [2.24, 2.45) is 16.8 Å². The molecule has 2 fully saturated rings. The van der Waals surface area contributed by atoms with E-state index in [1.54, 1.807) is 30.2 Å². The summed E-state index contributed by atoms with van der Waals surface area (Å²) in [6.07, 6.45) is 3.39. The third-order valence-electron chi connectivity index (χ3n) is 6.04. The smallest absolute Gasteiger partial charge is 0.256 e. The Kier molecular flexibility index (Phi) is 3.52. The minimum atomic E-state index is -2.52. The summed E-state index contributed by atoms with van der Waals surface area (Å²) in [4.78, 5) is 23.0. The van der Waals surface area contributed by atoms with Gasteiger partial charge in [0.15, 0.2) is 6.29 Å². The number of ether oxygens (including phenoxy) is 1. The van der Waals surface area contributed by atoms with Gasteiger partial charge < -0.3 is 15.0 Å². The number of carbonyl (C=O) groups excluding carboxylic acids is 1. The van der Waals surface area contributed by atoms with E-state index in [1.165, 1.54) is 17.2 Å². The fourth-order valence-electron chi connectivity index (χ4n) is 4.58. The molecule has 0 radical (unpaired) electrons. The van der Waals surface area contributed by atoms with Crippen LogP contribution in [0.1, 0.15) is 32.3 Å². The van der Waals surface area contributed by atoms with Gasteiger partial charge in [-0.2, -0.15) is 15.0 Å². The van der Waals surface area contributed by atoms with Crippen molar-refractivity contribution in [2.75, 3.05) is 33.3 Å². The van der Waals surface area contributed by atoms with Gasteiger partial charge in [0.05, 0.1) is 25.1 Å². The molecule has 3 aliphatic rings. The van der Waals surface area contributed by atoms with Gasteiger partial charge in [0.25, 0.3) is 5.91 Å². The van der Waals surface area contributed by atoms with E-state index in [0.29, 0.717) is 43.2 Å². The molecule has 9 heteroatoms. The molecule has 1 amide bonds. The number of fused-ring (bicyclic) bond motifs is 1. The van der Waals surface area contributed by atoms with Crippen molar-refractivity contribution >= 4 is 11.6 Å². The van der Waals surface area contributed by atoms with E-state index in [-0.39, 0.29) is 29.2 Å². The van der Waals surface area contributed by atoms with Crippen LogP contribution in [-0.2, 0) is 0 Å². The highest BCUT2D eigenvalue weighted by Gasteiger charge is 2.44. The first kappa shape index (κ1) is 14.0. The third kappa shape index (κ3) is 3.69. The molecule has 3 unspecified atom stereocenters. The summed E-state index contributed by atoms with van der Waals surface area (Å²) in [7, 11) is 1.55. The minimum Gasteiger partial charge on any atom is -0.497 e. The molecular weight excluding hydrogens is 394 g/mol. The van der Waals surface area contributed by atoms with Crippen molar-refractivity contribution in [2.45, 2.75) is 20.0 Å². The van der Waals surface area contributed by atoms with Crippen LogP contribution < -0.4 is 10.1 Å². The molecule has 162 valence electrons. The molecule has 0 aliphatic carbocycles. The summed E-state index contributed by atoms with van der Waals surface area (Å²) in [5.74, 6) is 0.731. The highest BCUT2D eigenvalue weighted by Crippen LogP contribution is 2.34. The highest BCUT2D eigenvalue weighted by atomic mass is 16.5. The van der Waals surface area contributed by atoms with Crippen LogP contribution in [0.4, 0.5) is 0 Å². The number of nitrogens with zero attached hydrogens (tertiary/aromatic N) is 6. The summed E-state index contributed by atoms with van der Waals surface area (Å²) >= 11 is 0. The number of allylic oxidation sites excluding steroid dienone is 2. The van der Waals surface area contributed by atoms with Gasteiger partial charge in [-0.15, -0.1) is 0 Å². The topological polar surface area (TPSA) is 87.9 Å². The summed E-state index contributed by atoms with van der Waals surface area (Å²) in [6, 6.07) is 5.15. The van der Waals surface area contributed by atoms with Gasteiger partial charge in [0, 0.05) is 51.9 Å². The summed E-state index contributed by atoms with van der Waals surface area (Å²) < 4.78 is 51.7. The third-order valence-corrected chi connectivity index (χ3v) is 6.04. The van der Waals surface area contributed by atoms with Gasteiger partial charge in [-0.1, -0.05) is 0 Å². The number of aliphatic imine (C=N–C) groups is 1. The Morgan fingerprint density at radius 3 is 2.61 bits per heavy atom. The normalized spacial score (nSPS) is 29.3. The first-order chi connectivity index (χ1) is 17.4. The lowest BCUT2D eigenvalue weighted by Crippen LogP contribution is -2.46. The standard InChI is InChI=1S/C22H27N7O2/c1-14-8-15(2)26-22(25-14)28-12-16-10-27(11-17(16)13-28)21(30)19-5-4-18(31-3)9-20(19)29-23-6-7-24-29/h4-9,16-17,22,25H,10-13H2,1-3H3/i1D3,2D3. The van der Waals surface area contributed by atoms with Crippen LogP contribution in [0.15, 0.2) is 47.4 Å². The SMILES string of the molecule is [2H]C([2H])([2H])C1=CC(C([2H])([2H])[2H])=NC(N2CC3CN(C(=O)c4ccc(OC)cc4-n4nccn4)CC3C2)N1. The molecule has 5 rings (SSSR count). The van der Waals surface area contributed by atoms with Crippen LogP contribution in [-0.4, -0.2) is 76.0 Å². The minimum absolute atomic E-state index is 0.133. The number of hydrogen-bond donors (Lipinski definition) is 1. The molecule has 2 aromatic rings. The second-order valence-corrected chi connectivity index (χ2v) is 7.98. The van der Waals surface area contributed by atoms with Crippen molar-refractivity contribution in [1.82, 2.24) is 30.1 Å². The van der Waals surface area contributed by atoms with E-state index >= 15 is 0 Å². The second kappa shape index (κ2) is 7.81. The molecular formula is C22H27N7O2. The van der Waals surface area contributed by atoms with Crippen LogP contribution >= 0.6 is 0 Å². The van der Waals surface area contributed by atoms with Crippen LogP contribution in [0.25, 0.3) is 5.69 Å². The molecule has 4 heterocycles. The number of amides is 1. The average molecular weight is 428 g/mol. The molecule has 0 saturated carbocycles. The Morgan fingerprint density at radius 1 is 1.16 bits per heavy atom. The summed E-state index contributed by atoms with van der Waals surface area (Å²) in [5, 5.41) is 11.2. The largest absolute Gasteiger partial charge is 0.497 e. The Morgan fingerprint density at radius 2 is 1.94 bits per heavy atom. The van der Waals surface area contributed by atoms with Crippen LogP contribution in [0.2, 0.25) is 0 Å². The van der Waals surface area contributed by atoms with Crippen molar-refractivity contribution in [1.29, 1.82) is 0 Å². The highest BCUT2D eigenvalue weighted by molar-refractivity contribution is 5.98. The molecule has 31 heavy (non-hydrogen) atoms. The predicted molar refractivity (Wildman–Crippen MR) is 116 cm³/mol. The number of benzene rings is 1. The quantitative estimate of drug-likeness (QED) is 0.796. The molecule has 0 spiro atoms. The Labute approximate surface area is 189 Å². The zero-order chi connectivity index (χ0) is 26.5. The van der Waals surface area contributed by atoms with E-state index in [9.17, 15) is 4.79 Å². The number of likely N-dealkylation sites (tertiary alicyclic amines) is 2. The van der Waals surface area contributed by atoms with E-state index < -0.39 is 20.0 Å². The Bertz CT molecular complexity index is 1230. The lowest BCUT2D eigenvalue weighted by atomic mass is 10.0. The number of nitrogens with one attached hydrogen (secondary N) is 1. The maximum absolute atomic E-state index is 13.5. The molecule has 1 aromatic carbocycles. The molecule has 1 aromatic heterocycles. The first-order valence-corrected chi connectivity index (χ1v) is 10.1. The summed E-state index contributed by atoms with van der Waals surface area (Å²) in [5.41, 5.74) is 0.624. The van der Waals surface area contributed by atoms with E-state index in [4.69, 9.17) is 13.0 Å². The van der Waals surface area contributed by atoms with Crippen LogP contribution in [0.5, 0.6) is 5.75 Å². The molecule has 3 aliphatic heterocycles. The van der Waals surface area contributed by atoms with Gasteiger partial charge in [0.2, 0.25) is 0 Å². The molecule has 2 saturated heterocycles. The second-order valence-electron chi connectivity index (χ2n) is 7.98. The van der Waals surface area contributed by atoms with E-state index in [1.807, 2.05) is 4.90 Å². The van der Waals surface area contributed by atoms with E-state index in [0.717, 1.165) is 6.08 Å². The van der Waals surface area contributed by atoms with Crippen molar-refractivity contribution in [3.05, 3.63) is 47.9 Å². The number of carbonyl (C=O) groups is 1. The van der Waals surface area contributed by atoms with Crippen LogP contribution in [0, 0.1) is 11.8 Å². The predicted octanol–water partition coefficient (Wildman–Crippen LogP) is 1.53. The van der Waals surface area contributed by atoms with Gasteiger partial charge in [-0.25, -0.2) is 0 Å². The molecule has 3 atom stereocenters. The van der Waals surface area contributed by atoms with Gasteiger partial charge in [-0.05, 0) is 43.7 Å². The van der Waals surface area contributed by atoms with Crippen LogP contribution in [0.3, 0.4) is 0 Å². The summed E-state index contributed by atoms with van der Waals surface area (Å²) in [6.45, 7) is -2.87. The van der Waals surface area contributed by atoms with Gasteiger partial charge in [0.1, 0.15) is 11.4 Å². The zero-order valence-electron chi connectivity index (χ0n) is 23.0. The van der Waals surface area contributed by atoms with Crippen molar-refractivity contribution in [3.63, 3.8) is 0 Å². The fourth-order valence-corrected chi connectivity index (χ4v) is 4.58. The number of aromatic nitrogens is 3. The van der Waals surface area contributed by atoms with E-state index in [2.05, 4.69) is 20.5 Å². The van der Waals surface area contributed by atoms with Gasteiger partial charge in [-0.3, -0.25) is 14.7 Å². The number of hydrogen-bond acceptors (Lipinski definition) is 7. The van der Waals surface area contributed by atoms with Crippen molar-refractivity contribution in [3.8, 4) is 11.4 Å². The fraction of sp³-hybridized carbons (Fsp3) is 0.455. The number of methoxy groups -OCH3 is 1.